The first-order valence-electron chi connectivity index (χ1n) is 8.71. The quantitative estimate of drug-likeness (QED) is 0.607. The fourth-order valence-corrected chi connectivity index (χ4v) is 3.21. The molecule has 8 heteroatoms. The van der Waals surface area contributed by atoms with E-state index >= 15 is 0 Å². The summed E-state index contributed by atoms with van der Waals surface area (Å²) >= 11 is 0. The van der Waals surface area contributed by atoms with Gasteiger partial charge in [-0.2, -0.15) is 0 Å². The van der Waals surface area contributed by atoms with Gasteiger partial charge in [-0.25, -0.2) is 13.6 Å². The van der Waals surface area contributed by atoms with Crippen LogP contribution in [0.25, 0.3) is 11.1 Å². The summed E-state index contributed by atoms with van der Waals surface area (Å²) in [5, 5.41) is 7.76. The van der Waals surface area contributed by atoms with Gasteiger partial charge in [0, 0.05) is 28.8 Å². The molecule has 1 unspecified atom stereocenters. The Balaban J connectivity index is 0.00000176. The third kappa shape index (κ3) is 5.75. The van der Waals surface area contributed by atoms with Crippen LogP contribution in [-0.4, -0.2) is 27.8 Å². The second kappa shape index (κ2) is 10.6. The van der Waals surface area contributed by atoms with Crippen LogP contribution in [0, 0.1) is 11.2 Å². The second-order valence-corrected chi connectivity index (χ2v) is 6.78. The van der Waals surface area contributed by atoms with Gasteiger partial charge in [-0.15, -0.1) is 0 Å². The summed E-state index contributed by atoms with van der Waals surface area (Å²) in [6, 6.07) is 4.63. The van der Waals surface area contributed by atoms with Crippen molar-refractivity contribution in [2.24, 2.45) is 0 Å². The van der Waals surface area contributed by atoms with Gasteiger partial charge in [0.25, 0.3) is 0 Å². The molecule has 0 radical (unpaired) electrons. The summed E-state index contributed by atoms with van der Waals surface area (Å²) in [7, 11) is 0.0168. The largest absolute Gasteiger partial charge is 0.492 e. The van der Waals surface area contributed by atoms with E-state index in [0.29, 0.717) is 28.1 Å². The molecule has 0 spiro atoms. The molecule has 148 valence electrons. The highest BCUT2D eigenvalue weighted by molar-refractivity contribution is 7.86. The van der Waals surface area contributed by atoms with E-state index in [1.54, 1.807) is 19.1 Å². The maximum atomic E-state index is 14.4. The highest BCUT2D eigenvalue weighted by Crippen LogP contribution is 2.34. The van der Waals surface area contributed by atoms with E-state index in [1.807, 2.05) is 20.8 Å². The topological polar surface area (TPSA) is 101 Å². The number of nitrogens with two attached hydrogens (primary N) is 1. The van der Waals surface area contributed by atoms with Gasteiger partial charge in [0.05, 0.1) is 12.8 Å². The van der Waals surface area contributed by atoms with Crippen molar-refractivity contribution < 1.29 is 13.3 Å². The molecule has 0 amide bonds. The Morgan fingerprint density at radius 3 is 2.56 bits per heavy atom. The monoisotopic (exact) mass is 394 g/mol. The molecule has 1 atom stereocenters. The zero-order valence-corrected chi connectivity index (χ0v) is 17.2. The van der Waals surface area contributed by atoms with Crippen molar-refractivity contribution in [1.82, 2.24) is 4.98 Å². The van der Waals surface area contributed by atoms with Crippen LogP contribution < -0.4 is 15.2 Å². The fraction of sp³-hybridized carbons (Fsp3) is 0.368. The van der Waals surface area contributed by atoms with Crippen molar-refractivity contribution in [3.05, 3.63) is 35.8 Å². The lowest BCUT2D eigenvalue weighted by Crippen LogP contribution is -2.09. The number of hydrogen-bond donors (Lipinski definition) is 3. The van der Waals surface area contributed by atoms with E-state index in [2.05, 4.69) is 9.71 Å². The molecule has 0 saturated carbocycles. The second-order valence-electron chi connectivity index (χ2n) is 5.47. The minimum atomic E-state index is -1.34. The molecule has 1 heterocycles. The van der Waals surface area contributed by atoms with Crippen molar-refractivity contribution in [2.75, 3.05) is 23.3 Å². The van der Waals surface area contributed by atoms with E-state index in [9.17, 15) is 8.60 Å². The summed E-state index contributed by atoms with van der Waals surface area (Å²) in [6.45, 7) is 7.52. The Morgan fingerprint density at radius 1 is 1.33 bits per heavy atom. The van der Waals surface area contributed by atoms with E-state index in [0.717, 1.165) is 6.42 Å². The van der Waals surface area contributed by atoms with Gasteiger partial charge >= 0.3 is 0 Å². The predicted molar refractivity (Wildman–Crippen MR) is 111 cm³/mol. The molecule has 2 aromatic rings. The van der Waals surface area contributed by atoms with Crippen LogP contribution >= 0.6 is 0 Å². The summed E-state index contributed by atoms with van der Waals surface area (Å²) in [4.78, 5) is 4.07. The number of pyridine rings is 1. The van der Waals surface area contributed by atoms with Crippen molar-refractivity contribution >= 4 is 28.2 Å². The number of anilines is 2. The number of nitrogens with one attached hydrogen (secondary N) is 2. The van der Waals surface area contributed by atoms with E-state index in [1.165, 1.54) is 19.4 Å². The van der Waals surface area contributed by atoms with Crippen LogP contribution in [0.2, 0.25) is 0 Å². The molecule has 0 saturated heterocycles. The van der Waals surface area contributed by atoms with Crippen molar-refractivity contribution in [3.8, 4) is 16.9 Å². The smallest absolute Gasteiger partial charge is 0.178 e. The van der Waals surface area contributed by atoms with Gasteiger partial charge in [0.15, 0.2) is 11.6 Å². The third-order valence-corrected chi connectivity index (χ3v) is 4.74. The van der Waals surface area contributed by atoms with Gasteiger partial charge in [-0.3, -0.25) is 0 Å². The van der Waals surface area contributed by atoms with Crippen molar-refractivity contribution in [1.29, 1.82) is 5.41 Å². The van der Waals surface area contributed by atoms with E-state index < -0.39 is 16.8 Å². The number of aromatic nitrogens is 1. The zero-order valence-electron chi connectivity index (χ0n) is 16.4. The summed E-state index contributed by atoms with van der Waals surface area (Å²) in [5.41, 5.74) is 7.94. The molecule has 4 N–H and O–H groups in total. The number of rotatable bonds is 7. The maximum absolute atomic E-state index is 14.4. The normalized spacial score (nSPS) is 11.2. The molecule has 6 nitrogen and oxygen atoms in total. The minimum absolute atomic E-state index is 0.0000605. The standard InChI is InChI=1S/C17H21FN4O2S.C2H6/c1-4-5-25(23)22-15-8-11(7-14(18)16(15)24-3)12-6-13(10(2)19)17(20)21-9-12;1-2/h6-9,19,22H,4-5H2,1-3H3,(H2,20,21);1-2H3. The first-order valence-corrected chi connectivity index (χ1v) is 10.0. The number of nitrogen functional groups attached to an aromatic ring is 1. The number of halogens is 1. The Kier molecular flexibility index (Phi) is 8.87. The number of hydrogen-bond acceptors (Lipinski definition) is 5. The summed E-state index contributed by atoms with van der Waals surface area (Å²) in [5.74, 6) is 0.101. The summed E-state index contributed by atoms with van der Waals surface area (Å²) in [6.07, 6.45) is 2.24. The lowest BCUT2D eigenvalue weighted by molar-refractivity contribution is 0.389. The Morgan fingerprint density at radius 2 is 2.00 bits per heavy atom. The van der Waals surface area contributed by atoms with Gasteiger partial charge in [-0.05, 0) is 37.1 Å². The maximum Gasteiger partial charge on any atom is 0.178 e. The minimum Gasteiger partial charge on any atom is -0.492 e. The van der Waals surface area contributed by atoms with Gasteiger partial charge in [0.1, 0.15) is 16.8 Å². The van der Waals surface area contributed by atoms with Crippen LogP contribution in [0.1, 0.15) is 39.7 Å². The highest BCUT2D eigenvalue weighted by atomic mass is 32.2. The first kappa shape index (κ1) is 22.6. The van der Waals surface area contributed by atoms with Crippen molar-refractivity contribution in [2.45, 2.75) is 34.1 Å². The van der Waals surface area contributed by atoms with Crippen molar-refractivity contribution in [3.63, 3.8) is 0 Å². The average Bonchev–Trinajstić information content (AvgIpc) is 2.63. The molecule has 2 rings (SSSR count). The Hall–Kier alpha value is -2.48. The van der Waals surface area contributed by atoms with Crippen LogP contribution in [0.3, 0.4) is 0 Å². The lowest BCUT2D eigenvalue weighted by Gasteiger charge is -2.14. The number of ether oxygens (including phenoxy) is 1. The van der Waals surface area contributed by atoms with E-state index in [4.69, 9.17) is 15.9 Å². The predicted octanol–water partition coefficient (Wildman–Crippen LogP) is 4.38. The van der Waals surface area contributed by atoms with Crippen LogP contribution in [0.4, 0.5) is 15.9 Å². The van der Waals surface area contributed by atoms with Crippen LogP contribution in [0.15, 0.2) is 24.4 Å². The molecule has 0 bridgehead atoms. The third-order valence-electron chi connectivity index (χ3n) is 3.52. The molecular formula is C19H27FN4O2S. The van der Waals surface area contributed by atoms with Gasteiger partial charge < -0.3 is 20.6 Å². The Bertz CT molecular complexity index is 828. The Labute approximate surface area is 162 Å². The SMILES string of the molecule is CC.CCCS(=O)Nc1cc(-c2cnc(N)c(C(C)=N)c2)cc(F)c1OC. The first-order chi connectivity index (χ1) is 12.9. The molecule has 27 heavy (non-hydrogen) atoms. The average molecular weight is 395 g/mol. The van der Waals surface area contributed by atoms with E-state index in [-0.39, 0.29) is 17.3 Å². The molecule has 1 aromatic heterocycles. The number of benzene rings is 1. The van der Waals surface area contributed by atoms with Crippen LogP contribution in [0.5, 0.6) is 5.75 Å². The molecule has 0 aliphatic carbocycles. The number of nitrogens with zero attached hydrogens (tertiary/aromatic N) is 1. The molecular weight excluding hydrogens is 367 g/mol. The highest BCUT2D eigenvalue weighted by Gasteiger charge is 2.15. The fourth-order valence-electron chi connectivity index (χ4n) is 2.34. The molecule has 0 aliphatic heterocycles. The van der Waals surface area contributed by atoms with Gasteiger partial charge in [0.2, 0.25) is 0 Å². The molecule has 0 fully saturated rings. The summed E-state index contributed by atoms with van der Waals surface area (Å²) < 4.78 is 34.3. The molecule has 1 aromatic carbocycles. The van der Waals surface area contributed by atoms with Gasteiger partial charge in [-0.1, -0.05) is 20.8 Å². The van der Waals surface area contributed by atoms with Crippen LogP contribution in [-0.2, 0) is 11.0 Å². The molecule has 0 aliphatic rings. The zero-order chi connectivity index (χ0) is 20.6. The number of methoxy groups -OCH3 is 1. The lowest BCUT2D eigenvalue weighted by atomic mass is 10.0.